The van der Waals surface area contributed by atoms with Crippen LogP contribution in [0.4, 0.5) is 5.69 Å². The summed E-state index contributed by atoms with van der Waals surface area (Å²) in [5, 5.41) is 1.39. The average molecular weight is 580 g/mol. The number of aromatic nitrogens is 1. The van der Waals surface area contributed by atoms with E-state index in [0.717, 1.165) is 5.56 Å². The maximum absolute atomic E-state index is 13.3. The maximum atomic E-state index is 13.3. The van der Waals surface area contributed by atoms with Gasteiger partial charge in [-0.25, -0.2) is 13.4 Å². The Hall–Kier alpha value is -2.58. The van der Waals surface area contributed by atoms with Crippen molar-refractivity contribution in [1.82, 2.24) is 4.98 Å². The Morgan fingerprint density at radius 1 is 1.03 bits per heavy atom. The molecule has 0 aliphatic heterocycles. The number of carbonyl (C=O) groups excluding carboxylic acids is 1. The van der Waals surface area contributed by atoms with Crippen molar-refractivity contribution in [2.45, 2.75) is 27.2 Å². The van der Waals surface area contributed by atoms with E-state index in [0.29, 0.717) is 32.3 Å². The van der Waals surface area contributed by atoms with Crippen LogP contribution in [-0.2, 0) is 10.0 Å². The summed E-state index contributed by atoms with van der Waals surface area (Å²) in [5.41, 5.74) is 1.92. The summed E-state index contributed by atoms with van der Waals surface area (Å²) >= 11 is 18.4. The van der Waals surface area contributed by atoms with Crippen LogP contribution in [0.2, 0.25) is 10.0 Å². The molecule has 0 unspecified atom stereocenters. The Labute approximate surface area is 231 Å². The number of fused-ring (bicyclic) bond motifs is 1. The van der Waals surface area contributed by atoms with Crippen LogP contribution in [0.15, 0.2) is 59.0 Å². The summed E-state index contributed by atoms with van der Waals surface area (Å²) in [6.07, 6.45) is 0.250. The van der Waals surface area contributed by atoms with E-state index in [-0.39, 0.29) is 41.0 Å². The first-order chi connectivity index (χ1) is 17.4. The van der Waals surface area contributed by atoms with Gasteiger partial charge in [-0.3, -0.25) is 9.52 Å². The van der Waals surface area contributed by atoms with Gasteiger partial charge >= 0.3 is 0 Å². The maximum Gasteiger partial charge on any atom is 0.232 e. The summed E-state index contributed by atoms with van der Waals surface area (Å²) < 4.78 is 34.3. The van der Waals surface area contributed by atoms with Crippen LogP contribution in [0.25, 0.3) is 33.5 Å². The molecule has 4 rings (SSSR count). The lowest BCUT2D eigenvalue weighted by atomic mass is 9.89. The second-order valence-corrected chi connectivity index (χ2v) is 12.6. The van der Waals surface area contributed by atoms with E-state index in [1.54, 1.807) is 45.0 Å². The lowest BCUT2D eigenvalue weighted by Crippen LogP contribution is -2.23. The number of nitrogens with zero attached hydrogens (tertiary/aromatic N) is 1. The van der Waals surface area contributed by atoms with Gasteiger partial charge in [0.15, 0.2) is 5.76 Å². The third kappa shape index (κ3) is 5.96. The molecule has 0 bridgehead atoms. The minimum absolute atomic E-state index is 0.0536. The molecule has 0 spiro atoms. The van der Waals surface area contributed by atoms with Gasteiger partial charge in [-0.15, -0.1) is 11.6 Å². The van der Waals surface area contributed by atoms with Crippen LogP contribution in [0, 0.1) is 5.41 Å². The number of ketones is 1. The van der Waals surface area contributed by atoms with Crippen molar-refractivity contribution in [1.29, 1.82) is 0 Å². The van der Waals surface area contributed by atoms with Crippen LogP contribution in [0.1, 0.15) is 37.7 Å². The van der Waals surface area contributed by atoms with Crippen molar-refractivity contribution in [3.63, 3.8) is 0 Å². The minimum atomic E-state index is -3.82. The van der Waals surface area contributed by atoms with Crippen molar-refractivity contribution < 1.29 is 17.6 Å². The molecule has 37 heavy (non-hydrogen) atoms. The number of nitrogens with one attached hydrogen (secondary N) is 1. The molecule has 194 valence electrons. The Balaban J connectivity index is 2.04. The highest BCUT2D eigenvalue weighted by atomic mass is 35.5. The summed E-state index contributed by atoms with van der Waals surface area (Å²) in [7, 11) is -3.82. The topological polar surface area (TPSA) is 89.3 Å². The zero-order chi connectivity index (χ0) is 27.0. The molecule has 0 aliphatic carbocycles. The van der Waals surface area contributed by atoms with Crippen molar-refractivity contribution in [2.75, 3.05) is 16.4 Å². The summed E-state index contributed by atoms with van der Waals surface area (Å²) in [6, 6.07) is 16.1. The first kappa shape index (κ1) is 27.5. The van der Waals surface area contributed by atoms with Crippen LogP contribution < -0.4 is 4.72 Å². The van der Waals surface area contributed by atoms with E-state index in [9.17, 15) is 13.2 Å². The Morgan fingerprint density at radius 2 is 1.70 bits per heavy atom. The summed E-state index contributed by atoms with van der Waals surface area (Å²) in [6.45, 7) is 5.20. The van der Waals surface area contributed by atoms with E-state index in [2.05, 4.69) is 4.72 Å². The highest BCUT2D eigenvalue weighted by molar-refractivity contribution is 7.92. The molecule has 0 aliphatic rings. The number of Topliss-reactive ketones (excluding diaryl/α,β-unsaturated/α-hetero) is 1. The van der Waals surface area contributed by atoms with Gasteiger partial charge in [0.2, 0.25) is 21.5 Å². The van der Waals surface area contributed by atoms with Gasteiger partial charge < -0.3 is 4.42 Å². The van der Waals surface area contributed by atoms with E-state index in [1.807, 2.05) is 30.3 Å². The van der Waals surface area contributed by atoms with Crippen molar-refractivity contribution in [3.05, 3.63) is 70.4 Å². The zero-order valence-corrected chi connectivity index (χ0v) is 23.5. The van der Waals surface area contributed by atoms with Crippen LogP contribution in [0.5, 0.6) is 0 Å². The number of alkyl halides is 1. The van der Waals surface area contributed by atoms with E-state index < -0.39 is 15.4 Å². The van der Waals surface area contributed by atoms with Crippen LogP contribution in [0.3, 0.4) is 0 Å². The van der Waals surface area contributed by atoms with Crippen molar-refractivity contribution in [2.24, 2.45) is 5.41 Å². The van der Waals surface area contributed by atoms with Crippen LogP contribution >= 0.6 is 34.8 Å². The first-order valence-corrected chi connectivity index (χ1v) is 14.4. The second-order valence-electron chi connectivity index (χ2n) is 9.57. The normalized spacial score (nSPS) is 12.2. The number of benzene rings is 2. The van der Waals surface area contributed by atoms with Crippen molar-refractivity contribution >= 4 is 67.4 Å². The minimum Gasteiger partial charge on any atom is -0.432 e. The fraction of sp³-hybridized carbons (Fsp3) is 0.259. The third-order valence-electron chi connectivity index (χ3n) is 5.66. The van der Waals surface area contributed by atoms with Gasteiger partial charge in [0.1, 0.15) is 5.69 Å². The summed E-state index contributed by atoms with van der Waals surface area (Å²) in [5.74, 6) is -0.498. The Kier molecular flexibility index (Phi) is 7.91. The van der Waals surface area contributed by atoms with E-state index in [4.69, 9.17) is 44.2 Å². The monoisotopic (exact) mass is 578 g/mol. The molecule has 0 atom stereocenters. The third-order valence-corrected chi connectivity index (χ3v) is 7.85. The fourth-order valence-electron chi connectivity index (χ4n) is 3.78. The number of anilines is 1. The van der Waals surface area contributed by atoms with E-state index >= 15 is 0 Å². The lowest BCUT2D eigenvalue weighted by Gasteiger charge is -2.16. The number of carbonyl (C=O) groups is 1. The molecule has 2 heterocycles. The quantitative estimate of drug-likeness (QED) is 0.168. The van der Waals surface area contributed by atoms with Gasteiger partial charge in [-0.05, 0) is 36.2 Å². The number of sulfonamides is 1. The van der Waals surface area contributed by atoms with Gasteiger partial charge in [0.05, 0.1) is 16.8 Å². The number of hydrogen-bond acceptors (Lipinski definition) is 5. The highest BCUT2D eigenvalue weighted by Gasteiger charge is 2.33. The molecule has 1 N–H and O–H groups in total. The molecule has 4 aromatic rings. The van der Waals surface area contributed by atoms with Gasteiger partial charge in [-0.1, -0.05) is 74.3 Å². The predicted octanol–water partition coefficient (Wildman–Crippen LogP) is 8.07. The Morgan fingerprint density at radius 3 is 2.32 bits per heavy atom. The number of rotatable bonds is 8. The second kappa shape index (κ2) is 10.7. The standard InChI is InChI=1S/C27H25Cl3N2O4S/c1-27(2,3)25(33)24-23(32-37(34,35)14-6-13-28)20-15-19(16-9-11-17(29)12-10-16)22(31-26(20)36-24)18-7-4-5-8-21(18)30/h4-5,7-12,15,32H,6,13-14H2,1-3H3. The number of furan rings is 1. The smallest absolute Gasteiger partial charge is 0.232 e. The Bertz CT molecular complexity index is 1570. The SMILES string of the molecule is CC(C)(C)C(=O)c1oc2nc(-c3ccccc3Cl)c(-c3ccc(Cl)cc3)cc2c1NS(=O)(=O)CCCCl. The predicted molar refractivity (Wildman–Crippen MR) is 151 cm³/mol. The van der Waals surface area contributed by atoms with Gasteiger partial charge in [-0.2, -0.15) is 0 Å². The lowest BCUT2D eigenvalue weighted by molar-refractivity contribution is 0.0832. The zero-order valence-electron chi connectivity index (χ0n) is 20.4. The van der Waals surface area contributed by atoms with Crippen molar-refractivity contribution in [3.8, 4) is 22.4 Å². The molecular formula is C27H25Cl3N2O4S. The largest absolute Gasteiger partial charge is 0.432 e. The first-order valence-electron chi connectivity index (χ1n) is 11.5. The molecule has 10 heteroatoms. The van der Waals surface area contributed by atoms with Crippen LogP contribution in [-0.4, -0.2) is 30.8 Å². The molecule has 0 fully saturated rings. The van der Waals surface area contributed by atoms with E-state index in [1.165, 1.54) is 0 Å². The molecule has 0 radical (unpaired) electrons. The van der Waals surface area contributed by atoms with Gasteiger partial charge in [0.25, 0.3) is 0 Å². The molecule has 6 nitrogen and oxygen atoms in total. The molecule has 0 amide bonds. The molecular weight excluding hydrogens is 555 g/mol. The average Bonchev–Trinajstić information content (AvgIpc) is 3.18. The number of halogens is 3. The molecule has 2 aromatic heterocycles. The molecule has 0 saturated heterocycles. The number of hydrogen-bond donors (Lipinski definition) is 1. The highest BCUT2D eigenvalue weighted by Crippen LogP contribution is 2.42. The number of pyridine rings is 1. The fourth-order valence-corrected chi connectivity index (χ4v) is 5.57. The molecule has 0 saturated carbocycles. The van der Waals surface area contributed by atoms with Gasteiger partial charge in [0, 0.05) is 32.5 Å². The summed E-state index contributed by atoms with van der Waals surface area (Å²) in [4.78, 5) is 18.1. The molecule has 2 aromatic carbocycles.